The lowest BCUT2D eigenvalue weighted by atomic mass is 10.2. The van der Waals surface area contributed by atoms with E-state index in [9.17, 15) is 9.59 Å². The molecule has 2 aliphatic rings. The highest BCUT2D eigenvalue weighted by Crippen LogP contribution is 2.25. The minimum Gasteiger partial charge on any atom is -0.444 e. The zero-order valence-electron chi connectivity index (χ0n) is 11.7. The van der Waals surface area contributed by atoms with E-state index in [4.69, 9.17) is 4.74 Å². The van der Waals surface area contributed by atoms with Crippen molar-refractivity contribution in [3.05, 3.63) is 0 Å². The van der Waals surface area contributed by atoms with Gasteiger partial charge in [0.1, 0.15) is 5.60 Å². The van der Waals surface area contributed by atoms with Gasteiger partial charge < -0.3 is 14.5 Å². The highest BCUT2D eigenvalue weighted by Gasteiger charge is 2.38. The van der Waals surface area contributed by atoms with E-state index in [1.165, 1.54) is 0 Å². The topological polar surface area (TPSA) is 49.9 Å². The summed E-state index contributed by atoms with van der Waals surface area (Å²) in [6, 6.07) is 0.141. The molecule has 2 aliphatic heterocycles. The normalized spacial score (nSPS) is 28.1. The van der Waals surface area contributed by atoms with Gasteiger partial charge in [-0.3, -0.25) is 4.79 Å². The van der Waals surface area contributed by atoms with Crippen molar-refractivity contribution < 1.29 is 14.3 Å². The standard InChI is InChI=1S/C13H21BrN2O3/c1-13(2,3)19-12(18)15-5-4-10(8-15)16-7-9(14)6-11(16)17/h9-10H,4-8H2,1-3H3/t9?,10-/m1/s1. The van der Waals surface area contributed by atoms with Crippen LogP contribution in [0, 0.1) is 0 Å². The Bertz CT molecular complexity index is 381. The van der Waals surface area contributed by atoms with Crippen molar-refractivity contribution in [3.8, 4) is 0 Å². The summed E-state index contributed by atoms with van der Waals surface area (Å²) in [6.07, 6.45) is 1.12. The Labute approximate surface area is 122 Å². The van der Waals surface area contributed by atoms with Gasteiger partial charge in [0.05, 0.1) is 6.04 Å². The Morgan fingerprint density at radius 1 is 1.37 bits per heavy atom. The van der Waals surface area contributed by atoms with Crippen molar-refractivity contribution in [3.63, 3.8) is 0 Å². The number of amides is 2. The number of halogens is 1. The average Bonchev–Trinajstić information content (AvgIpc) is 2.82. The molecule has 0 aromatic rings. The van der Waals surface area contributed by atoms with E-state index in [1.54, 1.807) is 4.90 Å². The number of hydrogen-bond acceptors (Lipinski definition) is 3. The summed E-state index contributed by atoms with van der Waals surface area (Å²) in [7, 11) is 0. The van der Waals surface area contributed by atoms with E-state index >= 15 is 0 Å². The smallest absolute Gasteiger partial charge is 0.410 e. The molecule has 6 heteroatoms. The second-order valence-corrected chi connectivity index (χ2v) is 7.51. The summed E-state index contributed by atoms with van der Waals surface area (Å²) in [6.45, 7) is 7.57. The van der Waals surface area contributed by atoms with Crippen LogP contribution in [0.2, 0.25) is 0 Å². The Kier molecular flexibility index (Phi) is 4.08. The first kappa shape index (κ1) is 14.6. The third-order valence-electron chi connectivity index (χ3n) is 3.37. The van der Waals surface area contributed by atoms with Crippen LogP contribution in [0.5, 0.6) is 0 Å². The molecule has 0 bridgehead atoms. The van der Waals surface area contributed by atoms with E-state index in [0.717, 1.165) is 13.0 Å². The lowest BCUT2D eigenvalue weighted by Crippen LogP contribution is -2.41. The van der Waals surface area contributed by atoms with E-state index in [-0.39, 0.29) is 22.9 Å². The first-order valence-electron chi connectivity index (χ1n) is 6.68. The molecule has 1 unspecified atom stereocenters. The Hall–Kier alpha value is -0.780. The third kappa shape index (κ3) is 3.61. The monoisotopic (exact) mass is 332 g/mol. The summed E-state index contributed by atoms with van der Waals surface area (Å²) >= 11 is 3.48. The summed E-state index contributed by atoms with van der Waals surface area (Å²) < 4.78 is 5.35. The minimum atomic E-state index is -0.473. The predicted octanol–water partition coefficient (Wildman–Crippen LogP) is 1.99. The fraction of sp³-hybridized carbons (Fsp3) is 0.846. The van der Waals surface area contributed by atoms with Crippen molar-refractivity contribution >= 4 is 27.9 Å². The van der Waals surface area contributed by atoms with Gasteiger partial charge in [-0.2, -0.15) is 0 Å². The van der Waals surface area contributed by atoms with Crippen LogP contribution < -0.4 is 0 Å². The van der Waals surface area contributed by atoms with Crippen LogP contribution in [0.4, 0.5) is 4.79 Å². The molecule has 0 aromatic carbocycles. The van der Waals surface area contributed by atoms with E-state index < -0.39 is 5.60 Å². The van der Waals surface area contributed by atoms with Crippen molar-refractivity contribution in [2.75, 3.05) is 19.6 Å². The molecule has 0 aliphatic carbocycles. The maximum absolute atomic E-state index is 12.0. The zero-order chi connectivity index (χ0) is 14.2. The van der Waals surface area contributed by atoms with E-state index in [1.807, 2.05) is 25.7 Å². The van der Waals surface area contributed by atoms with Gasteiger partial charge in [0.25, 0.3) is 0 Å². The lowest BCUT2D eigenvalue weighted by Gasteiger charge is -2.26. The fourth-order valence-electron chi connectivity index (χ4n) is 2.53. The quantitative estimate of drug-likeness (QED) is 0.690. The molecule has 2 fully saturated rings. The maximum atomic E-state index is 12.0. The Morgan fingerprint density at radius 2 is 2.05 bits per heavy atom. The lowest BCUT2D eigenvalue weighted by molar-refractivity contribution is -0.129. The molecule has 2 atom stereocenters. The number of nitrogens with zero attached hydrogens (tertiary/aromatic N) is 2. The van der Waals surface area contributed by atoms with Crippen LogP contribution in [-0.4, -0.2) is 57.9 Å². The highest BCUT2D eigenvalue weighted by molar-refractivity contribution is 9.09. The molecule has 2 saturated heterocycles. The predicted molar refractivity (Wildman–Crippen MR) is 75.3 cm³/mol. The van der Waals surface area contributed by atoms with Crippen molar-refractivity contribution in [1.82, 2.24) is 9.80 Å². The van der Waals surface area contributed by atoms with Crippen LogP contribution >= 0.6 is 15.9 Å². The molecular weight excluding hydrogens is 312 g/mol. The van der Waals surface area contributed by atoms with Gasteiger partial charge in [0.15, 0.2) is 0 Å². The molecule has 0 aromatic heterocycles. The van der Waals surface area contributed by atoms with E-state index in [2.05, 4.69) is 15.9 Å². The second kappa shape index (κ2) is 5.31. The zero-order valence-corrected chi connectivity index (χ0v) is 13.3. The second-order valence-electron chi connectivity index (χ2n) is 6.22. The van der Waals surface area contributed by atoms with E-state index in [0.29, 0.717) is 19.5 Å². The number of rotatable bonds is 1. The van der Waals surface area contributed by atoms with Crippen molar-refractivity contribution in [2.45, 2.75) is 50.1 Å². The van der Waals surface area contributed by atoms with Gasteiger partial charge in [-0.1, -0.05) is 15.9 Å². The molecule has 0 saturated carbocycles. The van der Waals surface area contributed by atoms with Gasteiger partial charge >= 0.3 is 6.09 Å². The molecule has 108 valence electrons. The molecule has 19 heavy (non-hydrogen) atoms. The average molecular weight is 333 g/mol. The molecule has 2 heterocycles. The fourth-order valence-corrected chi connectivity index (χ4v) is 3.12. The first-order chi connectivity index (χ1) is 8.76. The van der Waals surface area contributed by atoms with Crippen LogP contribution in [0.25, 0.3) is 0 Å². The molecule has 0 radical (unpaired) electrons. The molecule has 5 nitrogen and oxygen atoms in total. The summed E-state index contributed by atoms with van der Waals surface area (Å²) in [5.41, 5.74) is -0.473. The number of likely N-dealkylation sites (tertiary alicyclic amines) is 2. The van der Waals surface area contributed by atoms with Crippen molar-refractivity contribution in [1.29, 1.82) is 0 Å². The molecule has 2 rings (SSSR count). The summed E-state index contributed by atoms with van der Waals surface area (Å²) in [5.74, 6) is 0.179. The van der Waals surface area contributed by atoms with Crippen LogP contribution in [0.1, 0.15) is 33.6 Å². The molecular formula is C13H21BrN2O3. The van der Waals surface area contributed by atoms with Gasteiger partial charge in [-0.15, -0.1) is 0 Å². The van der Waals surface area contributed by atoms with Gasteiger partial charge in [-0.05, 0) is 27.2 Å². The highest BCUT2D eigenvalue weighted by atomic mass is 79.9. The minimum absolute atomic E-state index is 0.141. The largest absolute Gasteiger partial charge is 0.444 e. The summed E-state index contributed by atoms with van der Waals surface area (Å²) in [4.78, 5) is 27.6. The number of ether oxygens (including phenoxy) is 1. The number of carbonyl (C=O) groups excluding carboxylic acids is 2. The maximum Gasteiger partial charge on any atom is 0.410 e. The Morgan fingerprint density at radius 3 is 2.58 bits per heavy atom. The number of alkyl halides is 1. The molecule has 2 amide bonds. The molecule has 0 spiro atoms. The summed E-state index contributed by atoms with van der Waals surface area (Å²) in [5, 5.41) is 0. The third-order valence-corrected chi connectivity index (χ3v) is 3.98. The van der Waals surface area contributed by atoms with Gasteiger partial charge in [-0.25, -0.2) is 4.79 Å². The van der Waals surface area contributed by atoms with Crippen LogP contribution in [0.15, 0.2) is 0 Å². The van der Waals surface area contributed by atoms with Gasteiger partial charge in [0.2, 0.25) is 5.91 Å². The van der Waals surface area contributed by atoms with Crippen molar-refractivity contribution in [2.24, 2.45) is 0 Å². The Balaban J connectivity index is 1.90. The van der Waals surface area contributed by atoms with Crippen LogP contribution in [0.3, 0.4) is 0 Å². The number of carbonyl (C=O) groups is 2. The first-order valence-corrected chi connectivity index (χ1v) is 7.59. The number of hydrogen-bond donors (Lipinski definition) is 0. The SMILES string of the molecule is CC(C)(C)OC(=O)N1CC[C@@H](N2CC(Br)CC2=O)C1. The van der Waals surface area contributed by atoms with Gasteiger partial charge in [0, 0.05) is 30.9 Å². The molecule has 0 N–H and O–H groups in total. The van der Waals surface area contributed by atoms with Crippen LogP contribution in [-0.2, 0) is 9.53 Å².